The van der Waals surface area contributed by atoms with Gasteiger partial charge in [-0.1, -0.05) is 29.8 Å². The molecule has 8 nitrogen and oxygen atoms in total. The minimum Gasteiger partial charge on any atom is -0.379 e. The summed E-state index contributed by atoms with van der Waals surface area (Å²) in [6.45, 7) is 6.26. The molecule has 30 heavy (non-hydrogen) atoms. The van der Waals surface area contributed by atoms with Crippen molar-refractivity contribution in [3.8, 4) is 5.69 Å². The molecule has 2 aromatic rings. The lowest BCUT2D eigenvalue weighted by Gasteiger charge is -2.26. The first kappa shape index (κ1) is 22.0. The third-order valence-corrected chi connectivity index (χ3v) is 5.09. The molecule has 0 radical (unpaired) electrons. The first-order valence-electron chi connectivity index (χ1n) is 9.88. The van der Waals surface area contributed by atoms with Gasteiger partial charge in [0.25, 0.3) is 0 Å². The summed E-state index contributed by atoms with van der Waals surface area (Å²) in [5.74, 6) is -0.600. The Morgan fingerprint density at radius 3 is 2.67 bits per heavy atom. The highest BCUT2D eigenvalue weighted by Crippen LogP contribution is 2.24. The fourth-order valence-electron chi connectivity index (χ4n) is 3.07. The van der Waals surface area contributed by atoms with E-state index in [9.17, 15) is 9.59 Å². The van der Waals surface area contributed by atoms with Gasteiger partial charge in [-0.2, -0.15) is 5.10 Å². The third-order valence-electron chi connectivity index (χ3n) is 4.73. The number of aryl methyl sites for hydroxylation is 1. The highest BCUT2D eigenvalue weighted by atomic mass is 35.5. The van der Waals surface area contributed by atoms with Crippen molar-refractivity contribution in [2.24, 2.45) is 0 Å². The average Bonchev–Trinajstić information content (AvgIpc) is 3.05. The van der Waals surface area contributed by atoms with E-state index in [1.807, 2.05) is 37.3 Å². The quantitative estimate of drug-likeness (QED) is 0.617. The molecule has 1 aliphatic rings. The van der Waals surface area contributed by atoms with Crippen LogP contribution in [-0.4, -0.2) is 72.4 Å². The summed E-state index contributed by atoms with van der Waals surface area (Å²) in [6, 6.07) is 9.51. The molecule has 0 saturated carbocycles. The van der Waals surface area contributed by atoms with Crippen LogP contribution in [0.1, 0.15) is 11.3 Å². The largest absolute Gasteiger partial charge is 0.379 e. The molecule has 0 unspecified atom stereocenters. The summed E-state index contributed by atoms with van der Waals surface area (Å²) in [5, 5.41) is 10.2. The van der Waals surface area contributed by atoms with Crippen LogP contribution in [0.4, 0.5) is 0 Å². The first-order valence-corrected chi connectivity index (χ1v) is 10.3. The number of nitrogens with zero attached hydrogens (tertiary/aromatic N) is 3. The van der Waals surface area contributed by atoms with Gasteiger partial charge in [0.15, 0.2) is 0 Å². The molecule has 1 fully saturated rings. The van der Waals surface area contributed by atoms with Gasteiger partial charge in [-0.25, -0.2) is 4.68 Å². The second kappa shape index (κ2) is 10.9. The molecule has 1 aromatic heterocycles. The summed E-state index contributed by atoms with van der Waals surface area (Å²) in [7, 11) is 0. The van der Waals surface area contributed by atoms with Gasteiger partial charge in [0.05, 0.1) is 31.1 Å². The van der Waals surface area contributed by atoms with Gasteiger partial charge in [-0.3, -0.25) is 14.5 Å². The van der Waals surface area contributed by atoms with Crippen molar-refractivity contribution < 1.29 is 14.3 Å². The predicted molar refractivity (Wildman–Crippen MR) is 116 cm³/mol. The van der Waals surface area contributed by atoms with Crippen LogP contribution >= 0.6 is 11.6 Å². The van der Waals surface area contributed by atoms with Crippen LogP contribution in [0.25, 0.3) is 11.8 Å². The molecular weight excluding hydrogens is 406 g/mol. The van der Waals surface area contributed by atoms with Crippen molar-refractivity contribution in [3.63, 3.8) is 0 Å². The Morgan fingerprint density at radius 1 is 1.20 bits per heavy atom. The number of carbonyl (C=O) groups is 2. The van der Waals surface area contributed by atoms with Crippen molar-refractivity contribution in [2.45, 2.75) is 6.92 Å². The van der Waals surface area contributed by atoms with E-state index in [4.69, 9.17) is 16.3 Å². The Balaban J connectivity index is 1.45. The maximum absolute atomic E-state index is 12.1. The van der Waals surface area contributed by atoms with Crippen molar-refractivity contribution in [1.29, 1.82) is 0 Å². The summed E-state index contributed by atoms with van der Waals surface area (Å²) in [6.07, 6.45) is 2.96. The second-order valence-electron chi connectivity index (χ2n) is 6.89. The number of para-hydroxylation sites is 1. The Bertz CT molecular complexity index is 892. The van der Waals surface area contributed by atoms with Crippen molar-refractivity contribution in [2.75, 3.05) is 45.9 Å². The molecule has 1 aliphatic heterocycles. The van der Waals surface area contributed by atoms with E-state index in [2.05, 4.69) is 20.6 Å². The van der Waals surface area contributed by atoms with E-state index in [1.165, 1.54) is 6.08 Å². The van der Waals surface area contributed by atoms with E-state index in [0.29, 0.717) is 23.0 Å². The van der Waals surface area contributed by atoms with Crippen molar-refractivity contribution in [1.82, 2.24) is 25.3 Å². The van der Waals surface area contributed by atoms with E-state index in [-0.39, 0.29) is 18.4 Å². The third kappa shape index (κ3) is 6.16. The fraction of sp³-hybridized carbons (Fsp3) is 0.381. The van der Waals surface area contributed by atoms with Crippen molar-refractivity contribution >= 4 is 29.5 Å². The van der Waals surface area contributed by atoms with Crippen LogP contribution < -0.4 is 10.6 Å². The number of aromatic nitrogens is 2. The number of halogens is 1. The number of ether oxygens (including phenoxy) is 1. The number of morpholine rings is 1. The molecule has 2 N–H and O–H groups in total. The lowest BCUT2D eigenvalue weighted by molar-refractivity contribution is -0.124. The highest BCUT2D eigenvalue weighted by Gasteiger charge is 2.13. The minimum atomic E-state index is -0.374. The Kier molecular flexibility index (Phi) is 8.01. The monoisotopic (exact) mass is 431 g/mol. The molecule has 0 spiro atoms. The molecule has 3 rings (SSSR count). The first-order chi connectivity index (χ1) is 14.5. The van der Waals surface area contributed by atoms with Gasteiger partial charge in [0, 0.05) is 37.8 Å². The van der Waals surface area contributed by atoms with E-state index < -0.39 is 0 Å². The fourth-order valence-corrected chi connectivity index (χ4v) is 3.40. The molecule has 160 valence electrons. The van der Waals surface area contributed by atoms with Gasteiger partial charge < -0.3 is 15.4 Å². The number of hydrogen-bond acceptors (Lipinski definition) is 5. The number of amides is 2. The van der Waals surface area contributed by atoms with Crippen LogP contribution in [-0.2, 0) is 14.3 Å². The summed E-state index contributed by atoms with van der Waals surface area (Å²) >= 11 is 6.44. The lowest BCUT2D eigenvalue weighted by Crippen LogP contribution is -2.43. The Morgan fingerprint density at radius 2 is 1.93 bits per heavy atom. The SMILES string of the molecule is Cc1nn(-c2ccccc2)c(Cl)c1C=CC(=O)NCC(=O)NCCN1CCOCC1. The normalized spacial score (nSPS) is 14.7. The predicted octanol–water partition coefficient (Wildman–Crippen LogP) is 1.41. The van der Waals surface area contributed by atoms with Gasteiger partial charge in [0.1, 0.15) is 5.15 Å². The number of rotatable bonds is 8. The van der Waals surface area contributed by atoms with Gasteiger partial charge in [-0.05, 0) is 25.1 Å². The molecule has 0 aliphatic carbocycles. The summed E-state index contributed by atoms with van der Waals surface area (Å²) in [5.41, 5.74) is 2.20. The Hall–Kier alpha value is -2.68. The highest BCUT2D eigenvalue weighted by molar-refractivity contribution is 6.31. The smallest absolute Gasteiger partial charge is 0.244 e. The molecule has 2 amide bonds. The topological polar surface area (TPSA) is 88.5 Å². The lowest BCUT2D eigenvalue weighted by atomic mass is 10.2. The van der Waals surface area contributed by atoms with Gasteiger partial charge in [-0.15, -0.1) is 0 Å². The van der Waals surface area contributed by atoms with Crippen molar-refractivity contribution in [3.05, 3.63) is 52.8 Å². The molecule has 9 heteroatoms. The van der Waals surface area contributed by atoms with Gasteiger partial charge in [0.2, 0.25) is 11.8 Å². The molecule has 0 atom stereocenters. The zero-order valence-corrected chi connectivity index (χ0v) is 17.7. The minimum absolute atomic E-state index is 0.0811. The van der Waals surface area contributed by atoms with Crippen LogP contribution in [0, 0.1) is 6.92 Å². The number of benzene rings is 1. The number of carbonyl (C=O) groups excluding carboxylic acids is 2. The molecule has 1 aromatic carbocycles. The average molecular weight is 432 g/mol. The van der Waals surface area contributed by atoms with Crippen LogP contribution in [0.5, 0.6) is 0 Å². The zero-order valence-electron chi connectivity index (χ0n) is 16.9. The van der Waals surface area contributed by atoms with Gasteiger partial charge >= 0.3 is 0 Å². The number of nitrogens with one attached hydrogen (secondary N) is 2. The molecule has 0 bridgehead atoms. The standard InChI is InChI=1S/C21H26ClN5O3/c1-16-18(21(22)27(25-16)17-5-3-2-4-6-17)7-8-19(28)24-15-20(29)23-9-10-26-11-13-30-14-12-26/h2-8H,9-15H2,1H3,(H,23,29)(H,24,28). The maximum Gasteiger partial charge on any atom is 0.244 e. The number of hydrogen-bond donors (Lipinski definition) is 2. The summed E-state index contributed by atoms with van der Waals surface area (Å²) < 4.78 is 6.91. The summed E-state index contributed by atoms with van der Waals surface area (Å²) in [4.78, 5) is 26.2. The molecular formula is C21H26ClN5O3. The Labute approximate surface area is 180 Å². The molecule has 2 heterocycles. The van der Waals surface area contributed by atoms with E-state index in [0.717, 1.165) is 38.5 Å². The van der Waals surface area contributed by atoms with Crippen LogP contribution in [0.15, 0.2) is 36.4 Å². The van der Waals surface area contributed by atoms with E-state index in [1.54, 1.807) is 10.8 Å². The molecule has 1 saturated heterocycles. The van der Waals surface area contributed by atoms with Crippen LogP contribution in [0.2, 0.25) is 5.15 Å². The maximum atomic E-state index is 12.1. The zero-order chi connectivity index (χ0) is 21.3. The van der Waals surface area contributed by atoms with E-state index >= 15 is 0 Å². The van der Waals surface area contributed by atoms with Crippen LogP contribution in [0.3, 0.4) is 0 Å². The second-order valence-corrected chi connectivity index (χ2v) is 7.25.